The lowest BCUT2D eigenvalue weighted by Crippen LogP contribution is -2.31. The molecule has 0 unspecified atom stereocenters. The van der Waals surface area contributed by atoms with E-state index in [9.17, 15) is 14.4 Å². The molecule has 6 nitrogen and oxygen atoms in total. The van der Waals surface area contributed by atoms with Gasteiger partial charge in [0.2, 0.25) is 0 Å². The molecule has 0 aromatic carbocycles. The lowest BCUT2D eigenvalue weighted by Gasteiger charge is -2.11. The normalized spacial score (nSPS) is 11.8. The third-order valence-electron chi connectivity index (χ3n) is 3.28. The number of Topliss-reactive ketones (excluding diaryl/α,β-unsaturated/α-hetero) is 1. The molecule has 2 aromatic heterocycles. The maximum atomic E-state index is 11.9. The summed E-state index contributed by atoms with van der Waals surface area (Å²) in [5, 5.41) is 2.66. The number of hydrogen-bond acceptors (Lipinski definition) is 6. The van der Waals surface area contributed by atoms with Gasteiger partial charge in [0.05, 0.1) is 23.6 Å². The van der Waals surface area contributed by atoms with E-state index in [0.717, 1.165) is 4.88 Å². The van der Waals surface area contributed by atoms with E-state index >= 15 is 0 Å². The van der Waals surface area contributed by atoms with Crippen molar-refractivity contribution in [1.82, 2.24) is 5.32 Å². The van der Waals surface area contributed by atoms with Gasteiger partial charge >= 0.3 is 5.97 Å². The van der Waals surface area contributed by atoms with Crippen LogP contribution in [0.3, 0.4) is 0 Å². The number of amides is 1. The van der Waals surface area contributed by atoms with Crippen molar-refractivity contribution >= 4 is 29.0 Å². The third kappa shape index (κ3) is 5.34. The summed E-state index contributed by atoms with van der Waals surface area (Å²) in [5.74, 6) is -0.475. The second kappa shape index (κ2) is 8.44. The summed E-state index contributed by atoms with van der Waals surface area (Å²) < 4.78 is 10.1. The van der Waals surface area contributed by atoms with Crippen LogP contribution in [0.25, 0.3) is 0 Å². The molecule has 1 atom stereocenters. The molecule has 0 aliphatic rings. The van der Waals surface area contributed by atoms with Gasteiger partial charge in [0.25, 0.3) is 5.91 Å². The number of ketones is 1. The number of nitrogens with one attached hydrogen (secondary N) is 1. The van der Waals surface area contributed by atoms with Gasteiger partial charge in [0.15, 0.2) is 12.4 Å². The van der Waals surface area contributed by atoms with Crippen LogP contribution < -0.4 is 5.32 Å². The first kappa shape index (κ1) is 17.9. The molecule has 0 spiro atoms. The van der Waals surface area contributed by atoms with Gasteiger partial charge in [-0.25, -0.2) is 0 Å². The Kier molecular flexibility index (Phi) is 6.31. The summed E-state index contributed by atoms with van der Waals surface area (Å²) in [6.07, 6.45) is 1.55. The van der Waals surface area contributed by atoms with Crippen LogP contribution in [0.15, 0.2) is 34.9 Å². The maximum Gasteiger partial charge on any atom is 0.306 e. The minimum absolute atomic E-state index is 0.0448. The van der Waals surface area contributed by atoms with Crippen LogP contribution in [0, 0.1) is 6.92 Å². The van der Waals surface area contributed by atoms with Crippen molar-refractivity contribution in [1.29, 1.82) is 0 Å². The molecule has 2 heterocycles. The predicted molar refractivity (Wildman–Crippen MR) is 88.8 cm³/mol. The first-order valence-electron chi connectivity index (χ1n) is 7.53. The molecule has 0 fully saturated rings. The molecule has 7 heteroatoms. The molecule has 128 valence electrons. The molecule has 1 amide bonds. The number of aryl methyl sites for hydroxylation is 1. The Morgan fingerprint density at radius 3 is 2.67 bits per heavy atom. The van der Waals surface area contributed by atoms with Crippen LogP contribution in [0.5, 0.6) is 0 Å². The minimum Gasteiger partial charge on any atom is -0.467 e. The molecule has 24 heavy (non-hydrogen) atoms. The zero-order valence-electron chi connectivity index (χ0n) is 13.5. The van der Waals surface area contributed by atoms with Gasteiger partial charge < -0.3 is 14.5 Å². The Morgan fingerprint density at radius 2 is 2.04 bits per heavy atom. The first-order valence-corrected chi connectivity index (χ1v) is 8.35. The maximum absolute atomic E-state index is 11.9. The lowest BCUT2D eigenvalue weighted by atomic mass is 10.2. The predicted octanol–water partition coefficient (Wildman–Crippen LogP) is 3.03. The fraction of sp³-hybridized carbons (Fsp3) is 0.353. The number of thiophene rings is 1. The van der Waals surface area contributed by atoms with E-state index in [1.807, 2.05) is 13.0 Å². The number of furan rings is 1. The van der Waals surface area contributed by atoms with E-state index in [-0.39, 0.29) is 31.3 Å². The fourth-order valence-electron chi connectivity index (χ4n) is 2.03. The molecule has 2 aromatic rings. The number of carbonyl (C=O) groups excluding carboxylic acids is 3. The van der Waals surface area contributed by atoms with Gasteiger partial charge in [-0.1, -0.05) is 0 Å². The van der Waals surface area contributed by atoms with Crippen LogP contribution in [0.4, 0.5) is 0 Å². The Hall–Kier alpha value is -2.41. The number of rotatable bonds is 8. The van der Waals surface area contributed by atoms with Crippen molar-refractivity contribution in [3.05, 3.63) is 46.0 Å². The highest BCUT2D eigenvalue weighted by Gasteiger charge is 2.15. The highest BCUT2D eigenvalue weighted by Crippen LogP contribution is 2.17. The largest absolute Gasteiger partial charge is 0.467 e. The molecule has 0 bridgehead atoms. The van der Waals surface area contributed by atoms with Crippen LogP contribution in [0.1, 0.15) is 46.1 Å². The summed E-state index contributed by atoms with van der Waals surface area (Å²) in [7, 11) is 0. The number of ether oxygens (including phenoxy) is 1. The molecular formula is C17H19NO5S. The number of esters is 1. The molecule has 1 N–H and O–H groups in total. The number of carbonyl (C=O) groups is 3. The van der Waals surface area contributed by atoms with Gasteiger partial charge in [0.1, 0.15) is 5.76 Å². The molecule has 0 aliphatic carbocycles. The Bertz CT molecular complexity index is 704. The monoisotopic (exact) mass is 349 g/mol. The average Bonchev–Trinajstić information content (AvgIpc) is 3.22. The summed E-state index contributed by atoms with van der Waals surface area (Å²) in [6, 6.07) is 6.77. The number of hydrogen-bond donors (Lipinski definition) is 1. The van der Waals surface area contributed by atoms with Crippen LogP contribution in [-0.2, 0) is 14.3 Å². The van der Waals surface area contributed by atoms with Gasteiger partial charge in [-0.15, -0.1) is 11.3 Å². The van der Waals surface area contributed by atoms with Crippen molar-refractivity contribution in [2.45, 2.75) is 32.7 Å². The molecule has 0 saturated carbocycles. The zero-order valence-corrected chi connectivity index (χ0v) is 14.4. The Morgan fingerprint density at radius 1 is 1.25 bits per heavy atom. The Labute approximate surface area is 143 Å². The lowest BCUT2D eigenvalue weighted by molar-refractivity contribution is -0.148. The zero-order chi connectivity index (χ0) is 17.5. The standard InChI is InChI=1S/C17H19NO5S/c1-11-5-7-15(24-11)13(19)6-8-17(21)23-10-16(20)18-12(2)14-4-3-9-22-14/h3-5,7,9,12H,6,8,10H2,1-2H3,(H,18,20)/t12-/m0/s1. The van der Waals surface area contributed by atoms with E-state index in [4.69, 9.17) is 9.15 Å². The van der Waals surface area contributed by atoms with Crippen LogP contribution in [0.2, 0.25) is 0 Å². The molecule has 0 radical (unpaired) electrons. The fourth-order valence-corrected chi connectivity index (χ4v) is 2.87. The Balaban J connectivity index is 1.67. The van der Waals surface area contributed by atoms with Crippen LogP contribution in [-0.4, -0.2) is 24.3 Å². The highest BCUT2D eigenvalue weighted by molar-refractivity contribution is 7.14. The third-order valence-corrected chi connectivity index (χ3v) is 4.32. The van der Waals surface area contributed by atoms with E-state index < -0.39 is 11.9 Å². The van der Waals surface area contributed by atoms with Crippen molar-refractivity contribution in [2.24, 2.45) is 0 Å². The topological polar surface area (TPSA) is 85.6 Å². The quantitative estimate of drug-likeness (QED) is 0.585. The minimum atomic E-state index is -0.572. The molecule has 0 aliphatic heterocycles. The summed E-state index contributed by atoms with van der Waals surface area (Å²) >= 11 is 1.40. The second-order valence-electron chi connectivity index (χ2n) is 5.30. The summed E-state index contributed by atoms with van der Waals surface area (Å²) in [6.45, 7) is 3.30. The van der Waals surface area contributed by atoms with E-state index in [1.54, 1.807) is 25.1 Å². The SMILES string of the molecule is Cc1ccc(C(=O)CCC(=O)OCC(=O)N[C@@H](C)c2ccco2)s1. The highest BCUT2D eigenvalue weighted by atomic mass is 32.1. The average molecular weight is 349 g/mol. The van der Waals surface area contributed by atoms with E-state index in [0.29, 0.717) is 10.6 Å². The smallest absolute Gasteiger partial charge is 0.306 e. The molecule has 2 rings (SSSR count). The molecule has 0 saturated heterocycles. The summed E-state index contributed by atoms with van der Waals surface area (Å²) in [5.41, 5.74) is 0. The van der Waals surface area contributed by atoms with Gasteiger partial charge in [-0.05, 0) is 38.1 Å². The van der Waals surface area contributed by atoms with Crippen LogP contribution >= 0.6 is 11.3 Å². The van der Waals surface area contributed by atoms with Crippen molar-refractivity contribution in [3.63, 3.8) is 0 Å². The van der Waals surface area contributed by atoms with E-state index in [2.05, 4.69) is 5.32 Å². The van der Waals surface area contributed by atoms with Crippen molar-refractivity contribution in [2.75, 3.05) is 6.61 Å². The summed E-state index contributed by atoms with van der Waals surface area (Å²) in [4.78, 5) is 36.9. The van der Waals surface area contributed by atoms with Crippen molar-refractivity contribution in [3.8, 4) is 0 Å². The first-order chi connectivity index (χ1) is 11.5. The van der Waals surface area contributed by atoms with Gasteiger partial charge in [0, 0.05) is 11.3 Å². The van der Waals surface area contributed by atoms with Gasteiger partial charge in [-0.2, -0.15) is 0 Å². The van der Waals surface area contributed by atoms with E-state index in [1.165, 1.54) is 17.6 Å². The second-order valence-corrected chi connectivity index (χ2v) is 6.59. The van der Waals surface area contributed by atoms with Gasteiger partial charge in [-0.3, -0.25) is 14.4 Å². The molecular weight excluding hydrogens is 330 g/mol. The van der Waals surface area contributed by atoms with Crippen molar-refractivity contribution < 1.29 is 23.5 Å².